The number of rotatable bonds is 3. The van der Waals surface area contributed by atoms with Gasteiger partial charge >= 0.3 is 0 Å². The lowest BCUT2D eigenvalue weighted by molar-refractivity contribution is 0.217. The summed E-state index contributed by atoms with van der Waals surface area (Å²) in [5, 5.41) is 4.51. The predicted molar refractivity (Wildman–Crippen MR) is 64.0 cm³/mol. The van der Waals surface area contributed by atoms with Crippen LogP contribution in [0.1, 0.15) is 26.2 Å². The zero-order valence-electron chi connectivity index (χ0n) is 9.33. The Bertz CT molecular complexity index is 180. The number of nitrogens with one attached hydrogen (secondary N) is 1. The zero-order chi connectivity index (χ0) is 9.97. The molecule has 3 atom stereocenters. The van der Waals surface area contributed by atoms with E-state index in [1.807, 2.05) is 11.8 Å². The number of hydrogen-bond donors (Lipinski definition) is 1. The summed E-state index contributed by atoms with van der Waals surface area (Å²) in [6.07, 6.45) is 6.38. The molecule has 2 aliphatic heterocycles. The second-order valence-corrected chi connectivity index (χ2v) is 5.72. The van der Waals surface area contributed by atoms with Gasteiger partial charge in [0.05, 0.1) is 0 Å². The van der Waals surface area contributed by atoms with Crippen LogP contribution in [0.15, 0.2) is 0 Å². The minimum Gasteiger partial charge on any atom is -0.312 e. The lowest BCUT2D eigenvalue weighted by Gasteiger charge is -2.29. The smallest absolute Gasteiger partial charge is 0.0221 e. The molecule has 14 heavy (non-hydrogen) atoms. The fourth-order valence-electron chi connectivity index (χ4n) is 2.69. The lowest BCUT2D eigenvalue weighted by Crippen LogP contribution is -2.44. The van der Waals surface area contributed by atoms with Gasteiger partial charge in [-0.25, -0.2) is 0 Å². The molecule has 3 unspecified atom stereocenters. The number of likely N-dealkylation sites (tertiary alicyclic amines) is 1. The minimum absolute atomic E-state index is 0.745. The van der Waals surface area contributed by atoms with Crippen molar-refractivity contribution in [2.24, 2.45) is 0 Å². The van der Waals surface area contributed by atoms with Crippen LogP contribution < -0.4 is 5.32 Å². The van der Waals surface area contributed by atoms with Crippen LogP contribution in [0, 0.1) is 0 Å². The molecular weight excluding hydrogens is 192 g/mol. The van der Waals surface area contributed by atoms with Gasteiger partial charge in [-0.2, -0.15) is 11.8 Å². The zero-order valence-corrected chi connectivity index (χ0v) is 10.1. The fraction of sp³-hybridized carbons (Fsp3) is 1.00. The fourth-order valence-corrected chi connectivity index (χ4v) is 3.38. The van der Waals surface area contributed by atoms with E-state index in [-0.39, 0.29) is 0 Å². The van der Waals surface area contributed by atoms with Gasteiger partial charge in [-0.3, -0.25) is 4.90 Å². The van der Waals surface area contributed by atoms with Crippen molar-refractivity contribution < 1.29 is 0 Å². The van der Waals surface area contributed by atoms with Gasteiger partial charge in [0.1, 0.15) is 0 Å². The third-order valence-corrected chi connectivity index (χ3v) is 4.82. The molecule has 0 bridgehead atoms. The lowest BCUT2D eigenvalue weighted by atomic mass is 10.1. The van der Waals surface area contributed by atoms with Gasteiger partial charge in [0.2, 0.25) is 0 Å². The Morgan fingerprint density at radius 3 is 2.86 bits per heavy atom. The first kappa shape index (κ1) is 10.8. The summed E-state index contributed by atoms with van der Waals surface area (Å²) in [7, 11) is 0. The van der Waals surface area contributed by atoms with E-state index in [9.17, 15) is 0 Å². The Balaban J connectivity index is 1.83. The van der Waals surface area contributed by atoms with E-state index < -0.39 is 0 Å². The first-order valence-electron chi connectivity index (χ1n) is 5.81. The van der Waals surface area contributed by atoms with Crippen molar-refractivity contribution >= 4 is 11.8 Å². The summed E-state index contributed by atoms with van der Waals surface area (Å²) in [5.41, 5.74) is 0. The molecule has 3 heteroatoms. The molecule has 0 aromatic rings. The Labute approximate surface area is 91.8 Å². The molecule has 0 spiro atoms. The second-order valence-electron chi connectivity index (χ2n) is 4.58. The first-order valence-corrected chi connectivity index (χ1v) is 7.10. The largest absolute Gasteiger partial charge is 0.312 e. The van der Waals surface area contributed by atoms with Crippen molar-refractivity contribution in [2.75, 3.05) is 25.9 Å². The van der Waals surface area contributed by atoms with E-state index in [2.05, 4.69) is 23.4 Å². The van der Waals surface area contributed by atoms with E-state index in [0.29, 0.717) is 0 Å². The molecule has 2 heterocycles. The quantitative estimate of drug-likeness (QED) is 0.767. The van der Waals surface area contributed by atoms with Crippen LogP contribution in [-0.2, 0) is 0 Å². The van der Waals surface area contributed by atoms with Gasteiger partial charge < -0.3 is 5.32 Å². The van der Waals surface area contributed by atoms with E-state index >= 15 is 0 Å². The van der Waals surface area contributed by atoms with Crippen LogP contribution in [0.3, 0.4) is 0 Å². The Morgan fingerprint density at radius 2 is 2.29 bits per heavy atom. The van der Waals surface area contributed by atoms with Crippen molar-refractivity contribution in [3.8, 4) is 0 Å². The second kappa shape index (κ2) is 4.86. The van der Waals surface area contributed by atoms with Crippen molar-refractivity contribution in [3.63, 3.8) is 0 Å². The molecule has 0 radical (unpaired) electrons. The number of nitrogens with zero attached hydrogens (tertiary/aromatic N) is 1. The monoisotopic (exact) mass is 214 g/mol. The third-order valence-electron chi connectivity index (χ3n) is 3.77. The van der Waals surface area contributed by atoms with Crippen LogP contribution in [0.5, 0.6) is 0 Å². The summed E-state index contributed by atoms with van der Waals surface area (Å²) in [4.78, 5) is 2.67. The minimum atomic E-state index is 0.745. The van der Waals surface area contributed by atoms with Gasteiger partial charge in [-0.15, -0.1) is 0 Å². The molecule has 2 fully saturated rings. The van der Waals surface area contributed by atoms with Crippen molar-refractivity contribution in [3.05, 3.63) is 0 Å². The average molecular weight is 214 g/mol. The summed E-state index contributed by atoms with van der Waals surface area (Å²) < 4.78 is 0. The SMILES string of the molecule is CSC1CCN(C(C)C2CCCN2)C1. The van der Waals surface area contributed by atoms with Crippen LogP contribution >= 0.6 is 11.8 Å². The Morgan fingerprint density at radius 1 is 1.43 bits per heavy atom. The summed E-state index contributed by atoms with van der Waals surface area (Å²) in [5.74, 6) is 0. The summed E-state index contributed by atoms with van der Waals surface area (Å²) in [6, 6.07) is 1.50. The van der Waals surface area contributed by atoms with E-state index in [0.717, 1.165) is 17.3 Å². The average Bonchev–Trinajstić information content (AvgIpc) is 2.88. The summed E-state index contributed by atoms with van der Waals surface area (Å²) in [6.45, 7) is 6.24. The van der Waals surface area contributed by atoms with Crippen molar-refractivity contribution in [2.45, 2.75) is 43.5 Å². The molecule has 2 nitrogen and oxygen atoms in total. The van der Waals surface area contributed by atoms with E-state index in [1.54, 1.807) is 0 Å². The highest BCUT2D eigenvalue weighted by molar-refractivity contribution is 7.99. The number of thioether (sulfide) groups is 1. The molecule has 82 valence electrons. The van der Waals surface area contributed by atoms with Crippen LogP contribution in [-0.4, -0.2) is 48.1 Å². The Hall–Kier alpha value is 0.270. The highest BCUT2D eigenvalue weighted by Crippen LogP contribution is 2.24. The molecule has 2 rings (SSSR count). The maximum Gasteiger partial charge on any atom is 0.0221 e. The van der Waals surface area contributed by atoms with Gasteiger partial charge in [-0.1, -0.05) is 0 Å². The summed E-state index contributed by atoms with van der Waals surface area (Å²) >= 11 is 2.03. The van der Waals surface area contributed by atoms with Gasteiger partial charge in [0.15, 0.2) is 0 Å². The molecule has 0 aromatic carbocycles. The standard InChI is InChI=1S/C11H22N2S/c1-9(11-4-3-6-12-11)13-7-5-10(8-13)14-2/h9-12H,3-8H2,1-2H3. The molecule has 0 aliphatic carbocycles. The molecular formula is C11H22N2S. The first-order chi connectivity index (χ1) is 6.81. The van der Waals surface area contributed by atoms with Crippen molar-refractivity contribution in [1.82, 2.24) is 10.2 Å². The number of hydrogen-bond acceptors (Lipinski definition) is 3. The molecule has 0 amide bonds. The van der Waals surface area contributed by atoms with Gasteiger partial charge in [0, 0.05) is 23.9 Å². The maximum atomic E-state index is 3.62. The van der Waals surface area contributed by atoms with E-state index in [1.165, 1.54) is 38.9 Å². The Kier molecular flexibility index (Phi) is 3.74. The van der Waals surface area contributed by atoms with E-state index in [4.69, 9.17) is 0 Å². The normalized spacial score (nSPS) is 36.4. The topological polar surface area (TPSA) is 15.3 Å². The molecule has 0 saturated carbocycles. The van der Waals surface area contributed by atoms with Crippen LogP contribution in [0.25, 0.3) is 0 Å². The molecule has 0 aromatic heterocycles. The van der Waals surface area contributed by atoms with Crippen molar-refractivity contribution in [1.29, 1.82) is 0 Å². The predicted octanol–water partition coefficient (Wildman–Crippen LogP) is 1.56. The molecule has 2 saturated heterocycles. The van der Waals surface area contributed by atoms with Gasteiger partial charge in [-0.05, 0) is 45.5 Å². The third kappa shape index (κ3) is 2.26. The van der Waals surface area contributed by atoms with Gasteiger partial charge in [0.25, 0.3) is 0 Å². The maximum absolute atomic E-state index is 3.62. The highest BCUT2D eigenvalue weighted by Gasteiger charge is 2.30. The molecule has 2 aliphatic rings. The highest BCUT2D eigenvalue weighted by atomic mass is 32.2. The molecule has 1 N–H and O–H groups in total. The van der Waals surface area contributed by atoms with Crippen LogP contribution in [0.2, 0.25) is 0 Å². The van der Waals surface area contributed by atoms with Crippen LogP contribution in [0.4, 0.5) is 0 Å².